The average Bonchev–Trinajstić information content (AvgIpc) is 2.29. The number of nitrogens with zero attached hydrogens (tertiary/aromatic N) is 1. The highest BCUT2D eigenvalue weighted by molar-refractivity contribution is 5.25. The van der Waals surface area contributed by atoms with Crippen molar-refractivity contribution in [2.45, 2.75) is 39.9 Å². The summed E-state index contributed by atoms with van der Waals surface area (Å²) in [5.41, 5.74) is 2.95. The van der Waals surface area contributed by atoms with Crippen LogP contribution >= 0.6 is 0 Å². The molecule has 0 aliphatic rings. The molecule has 0 aromatic heterocycles. The number of hydrogen-bond donors (Lipinski definition) is 1. The van der Waals surface area contributed by atoms with Gasteiger partial charge >= 0.3 is 0 Å². The summed E-state index contributed by atoms with van der Waals surface area (Å²) >= 11 is 0. The van der Waals surface area contributed by atoms with Crippen LogP contribution in [0.15, 0.2) is 30.4 Å². The minimum absolute atomic E-state index is 0.137. The van der Waals surface area contributed by atoms with Gasteiger partial charge in [0.05, 0.1) is 0 Å². The summed E-state index contributed by atoms with van der Waals surface area (Å²) in [5, 5.41) is 3.34. The second-order valence-corrected chi connectivity index (χ2v) is 5.59. The maximum Gasteiger partial charge on any atom is 0.127 e. The maximum atomic E-state index is 13.8. The van der Waals surface area contributed by atoms with E-state index in [0.29, 0.717) is 12.6 Å². The molecule has 3 heteroatoms. The van der Waals surface area contributed by atoms with Crippen LogP contribution in [0.5, 0.6) is 0 Å². The van der Waals surface area contributed by atoms with E-state index in [4.69, 9.17) is 0 Å². The fourth-order valence-corrected chi connectivity index (χ4v) is 1.99. The molecular weight excluding hydrogens is 239 g/mol. The van der Waals surface area contributed by atoms with Gasteiger partial charge in [0.25, 0.3) is 0 Å². The first-order chi connectivity index (χ1) is 8.88. The van der Waals surface area contributed by atoms with Crippen molar-refractivity contribution in [2.75, 3.05) is 13.6 Å². The maximum absolute atomic E-state index is 13.8. The molecule has 0 bridgehead atoms. The van der Waals surface area contributed by atoms with Gasteiger partial charge in [-0.05, 0) is 25.6 Å². The number of benzene rings is 1. The van der Waals surface area contributed by atoms with Gasteiger partial charge in [0.1, 0.15) is 5.82 Å². The van der Waals surface area contributed by atoms with Gasteiger partial charge in [-0.3, -0.25) is 4.90 Å². The highest BCUT2D eigenvalue weighted by Crippen LogP contribution is 2.13. The molecule has 1 rings (SSSR count). The first-order valence-electron chi connectivity index (χ1n) is 6.72. The average molecular weight is 264 g/mol. The molecule has 0 radical (unpaired) electrons. The lowest BCUT2D eigenvalue weighted by atomic mass is 10.1. The lowest BCUT2D eigenvalue weighted by molar-refractivity contribution is 0.348. The van der Waals surface area contributed by atoms with Crippen molar-refractivity contribution in [3.05, 3.63) is 47.3 Å². The SMILES string of the molecule is C=C(C)CN(C)Cc1cc(CNC(C)C)ccc1F. The van der Waals surface area contributed by atoms with Crippen molar-refractivity contribution in [3.63, 3.8) is 0 Å². The molecule has 1 aromatic carbocycles. The van der Waals surface area contributed by atoms with Crippen molar-refractivity contribution in [3.8, 4) is 0 Å². The Morgan fingerprint density at radius 2 is 2.11 bits per heavy atom. The van der Waals surface area contributed by atoms with Crippen molar-refractivity contribution >= 4 is 0 Å². The minimum Gasteiger partial charge on any atom is -0.310 e. The van der Waals surface area contributed by atoms with E-state index in [1.54, 1.807) is 6.07 Å². The molecule has 0 atom stereocenters. The lowest BCUT2D eigenvalue weighted by Crippen LogP contribution is -2.23. The molecule has 0 saturated heterocycles. The van der Waals surface area contributed by atoms with E-state index < -0.39 is 0 Å². The monoisotopic (exact) mass is 264 g/mol. The van der Waals surface area contributed by atoms with Crippen LogP contribution < -0.4 is 5.32 Å². The third-order valence-corrected chi connectivity index (χ3v) is 2.80. The molecule has 2 nitrogen and oxygen atoms in total. The van der Waals surface area contributed by atoms with E-state index >= 15 is 0 Å². The molecule has 0 spiro atoms. The van der Waals surface area contributed by atoms with Gasteiger partial charge in [-0.1, -0.05) is 38.1 Å². The first-order valence-corrected chi connectivity index (χ1v) is 6.72. The molecule has 19 heavy (non-hydrogen) atoms. The van der Waals surface area contributed by atoms with Crippen LogP contribution in [0.3, 0.4) is 0 Å². The zero-order valence-electron chi connectivity index (χ0n) is 12.5. The van der Waals surface area contributed by atoms with E-state index in [1.807, 2.05) is 26.1 Å². The molecular formula is C16H25FN2. The van der Waals surface area contributed by atoms with Crippen LogP contribution in [0.4, 0.5) is 4.39 Å². The molecule has 106 valence electrons. The molecule has 0 aliphatic carbocycles. The van der Waals surface area contributed by atoms with Crippen molar-refractivity contribution in [1.29, 1.82) is 0 Å². The fraction of sp³-hybridized carbons (Fsp3) is 0.500. The Balaban J connectivity index is 2.71. The predicted octanol–water partition coefficient (Wildman–Crippen LogP) is 3.33. The van der Waals surface area contributed by atoms with E-state index in [1.165, 1.54) is 0 Å². The van der Waals surface area contributed by atoms with Crippen molar-refractivity contribution in [2.24, 2.45) is 0 Å². The highest BCUT2D eigenvalue weighted by atomic mass is 19.1. The van der Waals surface area contributed by atoms with E-state index in [2.05, 4.69) is 30.6 Å². The number of rotatable bonds is 7. The summed E-state index contributed by atoms with van der Waals surface area (Å²) < 4.78 is 13.8. The lowest BCUT2D eigenvalue weighted by Gasteiger charge is -2.18. The predicted molar refractivity (Wildman–Crippen MR) is 79.5 cm³/mol. The van der Waals surface area contributed by atoms with Crippen LogP contribution in [-0.2, 0) is 13.1 Å². The number of likely N-dealkylation sites (N-methyl/N-ethyl adjacent to an activating group) is 1. The quantitative estimate of drug-likeness (QED) is 0.760. The highest BCUT2D eigenvalue weighted by Gasteiger charge is 2.07. The topological polar surface area (TPSA) is 15.3 Å². The second kappa shape index (κ2) is 7.41. The minimum atomic E-state index is -0.137. The first kappa shape index (κ1) is 15.9. The van der Waals surface area contributed by atoms with Crippen LogP contribution in [0.2, 0.25) is 0 Å². The van der Waals surface area contributed by atoms with Crippen LogP contribution in [0, 0.1) is 5.82 Å². The molecule has 0 fully saturated rings. The largest absolute Gasteiger partial charge is 0.310 e. The van der Waals surface area contributed by atoms with E-state index in [9.17, 15) is 4.39 Å². The molecule has 1 N–H and O–H groups in total. The third-order valence-electron chi connectivity index (χ3n) is 2.80. The van der Waals surface area contributed by atoms with Gasteiger partial charge in [-0.2, -0.15) is 0 Å². The third kappa shape index (κ3) is 5.99. The van der Waals surface area contributed by atoms with Crippen LogP contribution in [0.25, 0.3) is 0 Å². The van der Waals surface area contributed by atoms with Crippen LogP contribution in [-0.4, -0.2) is 24.5 Å². The Bertz CT molecular complexity index is 427. The summed E-state index contributed by atoms with van der Waals surface area (Å²) in [4.78, 5) is 2.07. The summed E-state index contributed by atoms with van der Waals surface area (Å²) in [7, 11) is 1.98. The van der Waals surface area contributed by atoms with Gasteiger partial charge in [0.2, 0.25) is 0 Å². The summed E-state index contributed by atoms with van der Waals surface area (Å²) in [6, 6.07) is 5.77. The number of hydrogen-bond acceptors (Lipinski definition) is 2. The van der Waals surface area contributed by atoms with Gasteiger partial charge in [0, 0.05) is 31.2 Å². The Hall–Kier alpha value is -1.19. The van der Waals surface area contributed by atoms with Crippen molar-refractivity contribution in [1.82, 2.24) is 10.2 Å². The normalized spacial score (nSPS) is 11.3. The smallest absolute Gasteiger partial charge is 0.127 e. The summed E-state index contributed by atoms with van der Waals surface area (Å²) in [5.74, 6) is -0.137. The molecule has 0 amide bonds. The Labute approximate surface area is 116 Å². The number of nitrogens with one attached hydrogen (secondary N) is 1. The molecule has 0 aliphatic heterocycles. The van der Waals surface area contributed by atoms with E-state index in [-0.39, 0.29) is 5.82 Å². The van der Waals surface area contributed by atoms with Crippen molar-refractivity contribution < 1.29 is 4.39 Å². The second-order valence-electron chi connectivity index (χ2n) is 5.59. The zero-order chi connectivity index (χ0) is 14.4. The zero-order valence-corrected chi connectivity index (χ0v) is 12.5. The standard InChI is InChI=1S/C16H25FN2/c1-12(2)10-19(5)11-15-8-14(6-7-16(15)17)9-18-13(3)4/h6-8,13,18H,1,9-11H2,2-5H3. The molecule has 0 heterocycles. The Morgan fingerprint density at radius 1 is 1.42 bits per heavy atom. The molecule has 1 aromatic rings. The summed E-state index contributed by atoms with van der Waals surface area (Å²) in [6.45, 7) is 12.2. The van der Waals surface area contributed by atoms with Gasteiger partial charge in [0.15, 0.2) is 0 Å². The van der Waals surface area contributed by atoms with Crippen LogP contribution in [0.1, 0.15) is 31.9 Å². The molecule has 0 unspecified atom stereocenters. The Kier molecular flexibility index (Phi) is 6.19. The van der Waals surface area contributed by atoms with Gasteiger partial charge in [-0.15, -0.1) is 0 Å². The fourth-order valence-electron chi connectivity index (χ4n) is 1.99. The van der Waals surface area contributed by atoms with Gasteiger partial charge in [-0.25, -0.2) is 4.39 Å². The summed E-state index contributed by atoms with van der Waals surface area (Å²) in [6.07, 6.45) is 0. The Morgan fingerprint density at radius 3 is 2.68 bits per heavy atom. The molecule has 0 saturated carbocycles. The van der Waals surface area contributed by atoms with E-state index in [0.717, 1.165) is 29.8 Å². The number of halogens is 1. The van der Waals surface area contributed by atoms with Gasteiger partial charge < -0.3 is 5.32 Å².